The molecule has 2 atom stereocenters. The number of carboxylic acids is 1. The number of rotatable bonds is 5. The van der Waals surface area contributed by atoms with Crippen molar-refractivity contribution >= 4 is 16.2 Å². The Balaban J connectivity index is 2.81. The Bertz CT molecular complexity index is 380. The van der Waals surface area contributed by atoms with E-state index in [-0.39, 0.29) is 12.0 Å². The minimum Gasteiger partial charge on any atom is -0.480 e. The summed E-state index contributed by atoms with van der Waals surface area (Å²) in [5.41, 5.74) is 0. The Hall–Kier alpha value is -0.660. The molecule has 0 bridgehead atoms. The largest absolute Gasteiger partial charge is 0.480 e. The maximum atomic E-state index is 12.0. The Labute approximate surface area is 102 Å². The maximum Gasteiger partial charge on any atom is 0.322 e. The summed E-state index contributed by atoms with van der Waals surface area (Å²) in [7, 11) is -3.70. The van der Waals surface area contributed by atoms with Crippen LogP contribution < -0.4 is 4.72 Å². The quantitative estimate of drug-likeness (QED) is 0.753. The average Bonchev–Trinajstić information content (AvgIpc) is 2.60. The second-order valence-electron chi connectivity index (χ2n) is 4.78. The van der Waals surface area contributed by atoms with Gasteiger partial charge in [-0.05, 0) is 25.7 Å². The van der Waals surface area contributed by atoms with Crippen LogP contribution >= 0.6 is 0 Å². The van der Waals surface area contributed by atoms with Gasteiger partial charge in [-0.25, -0.2) is 0 Å². The smallest absolute Gasteiger partial charge is 0.322 e. The van der Waals surface area contributed by atoms with E-state index in [0.29, 0.717) is 6.54 Å². The number of carboxylic acid groups (broad SMARTS) is 1. The Morgan fingerprint density at radius 3 is 2.41 bits per heavy atom. The van der Waals surface area contributed by atoms with Gasteiger partial charge in [0.05, 0.1) is 0 Å². The first kappa shape index (κ1) is 14.4. The van der Waals surface area contributed by atoms with Crippen LogP contribution in [0.5, 0.6) is 0 Å². The topological polar surface area (TPSA) is 86.7 Å². The minimum absolute atomic E-state index is 0.0610. The monoisotopic (exact) mass is 264 g/mol. The third-order valence-corrected chi connectivity index (χ3v) is 4.72. The van der Waals surface area contributed by atoms with Crippen LogP contribution in [0.1, 0.15) is 33.6 Å². The van der Waals surface area contributed by atoms with Crippen LogP contribution in [0.2, 0.25) is 0 Å². The van der Waals surface area contributed by atoms with E-state index in [4.69, 9.17) is 5.11 Å². The summed E-state index contributed by atoms with van der Waals surface area (Å²) < 4.78 is 27.6. The van der Waals surface area contributed by atoms with Crippen molar-refractivity contribution in [3.8, 4) is 0 Å². The minimum atomic E-state index is -3.70. The number of nitrogens with zero attached hydrogens (tertiary/aromatic N) is 1. The SMILES string of the molecule is CC(C)[C@H](NS(=O)(=O)N1CCCC1C)C(=O)O. The van der Waals surface area contributed by atoms with Gasteiger partial charge in [0.1, 0.15) is 6.04 Å². The lowest BCUT2D eigenvalue weighted by Gasteiger charge is -2.25. The fourth-order valence-electron chi connectivity index (χ4n) is 1.96. The van der Waals surface area contributed by atoms with Crippen LogP contribution in [0, 0.1) is 5.92 Å². The number of hydrogen-bond acceptors (Lipinski definition) is 3. The van der Waals surface area contributed by atoms with Gasteiger partial charge in [0.2, 0.25) is 0 Å². The Kier molecular flexibility index (Phi) is 4.51. The summed E-state index contributed by atoms with van der Waals surface area (Å²) in [6.45, 7) is 5.64. The molecule has 2 N–H and O–H groups in total. The lowest BCUT2D eigenvalue weighted by Crippen LogP contribution is -2.51. The molecule has 0 aromatic rings. The van der Waals surface area contributed by atoms with Crippen molar-refractivity contribution in [2.24, 2.45) is 5.92 Å². The highest BCUT2D eigenvalue weighted by Gasteiger charge is 2.35. The molecule has 0 aromatic heterocycles. The molecular formula is C10H20N2O4S. The molecule has 1 aliphatic rings. The zero-order valence-corrected chi connectivity index (χ0v) is 11.2. The first-order valence-electron chi connectivity index (χ1n) is 5.77. The van der Waals surface area contributed by atoms with E-state index < -0.39 is 22.2 Å². The number of hydrogen-bond donors (Lipinski definition) is 2. The fraction of sp³-hybridized carbons (Fsp3) is 0.900. The second-order valence-corrected chi connectivity index (χ2v) is 6.44. The number of nitrogens with one attached hydrogen (secondary N) is 1. The number of carbonyl (C=O) groups is 1. The van der Waals surface area contributed by atoms with Gasteiger partial charge in [0, 0.05) is 12.6 Å². The molecule has 6 nitrogen and oxygen atoms in total. The summed E-state index contributed by atoms with van der Waals surface area (Å²) in [5, 5.41) is 8.97. The molecular weight excluding hydrogens is 244 g/mol. The third kappa shape index (κ3) is 3.40. The molecule has 1 aliphatic heterocycles. The lowest BCUT2D eigenvalue weighted by molar-refractivity contribution is -0.140. The van der Waals surface area contributed by atoms with Crippen molar-refractivity contribution in [2.45, 2.75) is 45.7 Å². The molecule has 1 fully saturated rings. The van der Waals surface area contributed by atoms with Crippen molar-refractivity contribution in [1.82, 2.24) is 9.03 Å². The van der Waals surface area contributed by atoms with E-state index in [1.54, 1.807) is 13.8 Å². The predicted octanol–water partition coefficient (Wildman–Crippen LogP) is 0.414. The van der Waals surface area contributed by atoms with Crippen molar-refractivity contribution in [3.05, 3.63) is 0 Å². The highest BCUT2D eigenvalue weighted by atomic mass is 32.2. The number of aliphatic carboxylic acids is 1. The highest BCUT2D eigenvalue weighted by molar-refractivity contribution is 7.87. The van der Waals surface area contributed by atoms with Gasteiger partial charge < -0.3 is 5.11 Å². The van der Waals surface area contributed by atoms with Gasteiger partial charge in [0.25, 0.3) is 10.2 Å². The highest BCUT2D eigenvalue weighted by Crippen LogP contribution is 2.20. The van der Waals surface area contributed by atoms with Crippen LogP contribution in [0.25, 0.3) is 0 Å². The zero-order chi connectivity index (χ0) is 13.2. The summed E-state index contributed by atoms with van der Waals surface area (Å²) >= 11 is 0. The summed E-state index contributed by atoms with van der Waals surface area (Å²) in [5.74, 6) is -1.43. The standard InChI is InChI=1S/C10H20N2O4S/c1-7(2)9(10(13)14)11-17(15,16)12-6-4-5-8(12)3/h7-9,11H,4-6H2,1-3H3,(H,13,14)/t8?,9-/m0/s1. The molecule has 0 spiro atoms. The molecule has 0 amide bonds. The lowest BCUT2D eigenvalue weighted by atomic mass is 10.1. The first-order valence-corrected chi connectivity index (χ1v) is 7.21. The summed E-state index contributed by atoms with van der Waals surface area (Å²) in [6.07, 6.45) is 1.64. The Morgan fingerprint density at radius 1 is 1.47 bits per heavy atom. The molecule has 100 valence electrons. The van der Waals surface area contributed by atoms with Crippen LogP contribution in [-0.4, -0.2) is 42.4 Å². The molecule has 7 heteroatoms. The van der Waals surface area contributed by atoms with Crippen LogP contribution in [0.4, 0.5) is 0 Å². The first-order chi connectivity index (χ1) is 7.75. The van der Waals surface area contributed by atoms with E-state index in [2.05, 4.69) is 4.72 Å². The molecule has 0 aliphatic carbocycles. The molecule has 0 radical (unpaired) electrons. The van der Waals surface area contributed by atoms with Crippen molar-refractivity contribution in [1.29, 1.82) is 0 Å². The van der Waals surface area contributed by atoms with E-state index in [1.807, 2.05) is 6.92 Å². The van der Waals surface area contributed by atoms with Gasteiger partial charge in [0.15, 0.2) is 0 Å². The second kappa shape index (κ2) is 5.32. The molecule has 1 saturated heterocycles. The van der Waals surface area contributed by atoms with Crippen molar-refractivity contribution in [2.75, 3.05) is 6.54 Å². The van der Waals surface area contributed by atoms with Gasteiger partial charge >= 0.3 is 5.97 Å². The normalized spacial score (nSPS) is 24.1. The van der Waals surface area contributed by atoms with Gasteiger partial charge in [-0.3, -0.25) is 4.79 Å². The summed E-state index contributed by atoms with van der Waals surface area (Å²) in [6, 6.07) is -1.14. The van der Waals surface area contributed by atoms with E-state index in [1.165, 1.54) is 4.31 Å². The summed E-state index contributed by atoms with van der Waals surface area (Å²) in [4.78, 5) is 11.0. The average molecular weight is 264 g/mol. The van der Waals surface area contributed by atoms with Gasteiger partial charge in [-0.1, -0.05) is 13.8 Å². The predicted molar refractivity (Wildman–Crippen MR) is 63.7 cm³/mol. The fourth-order valence-corrected chi connectivity index (χ4v) is 3.74. The molecule has 1 rings (SSSR count). The van der Waals surface area contributed by atoms with Crippen LogP contribution in [0.3, 0.4) is 0 Å². The van der Waals surface area contributed by atoms with Crippen LogP contribution in [-0.2, 0) is 15.0 Å². The zero-order valence-electron chi connectivity index (χ0n) is 10.4. The van der Waals surface area contributed by atoms with Crippen molar-refractivity contribution in [3.63, 3.8) is 0 Å². The maximum absolute atomic E-state index is 12.0. The molecule has 1 heterocycles. The van der Waals surface area contributed by atoms with Crippen LogP contribution in [0.15, 0.2) is 0 Å². The van der Waals surface area contributed by atoms with E-state index in [9.17, 15) is 13.2 Å². The van der Waals surface area contributed by atoms with E-state index >= 15 is 0 Å². The van der Waals surface area contributed by atoms with E-state index in [0.717, 1.165) is 12.8 Å². The molecule has 17 heavy (non-hydrogen) atoms. The van der Waals surface area contributed by atoms with Gasteiger partial charge in [-0.2, -0.15) is 17.4 Å². The molecule has 0 saturated carbocycles. The molecule has 1 unspecified atom stereocenters. The third-order valence-electron chi connectivity index (χ3n) is 3.01. The van der Waals surface area contributed by atoms with Gasteiger partial charge in [-0.15, -0.1) is 0 Å². The molecule has 0 aromatic carbocycles. The van der Waals surface area contributed by atoms with Crippen molar-refractivity contribution < 1.29 is 18.3 Å². The Morgan fingerprint density at radius 2 is 2.06 bits per heavy atom.